The van der Waals surface area contributed by atoms with Crippen LogP contribution in [0.2, 0.25) is 0 Å². The molecule has 0 spiro atoms. The SMILES string of the molecule is CCOC(=O)c1c(NC2CC=C(I)C=C2F)c2cnccc2n1CC#CCOC1CCCCO1. The van der Waals surface area contributed by atoms with Crippen molar-refractivity contribution in [1.82, 2.24) is 9.55 Å². The molecular formula is C25H27FIN3O4. The molecule has 2 aromatic rings. The number of ether oxygens (including phenoxy) is 3. The van der Waals surface area contributed by atoms with Crippen molar-refractivity contribution in [3.8, 4) is 11.8 Å². The molecule has 1 saturated heterocycles. The zero-order valence-corrected chi connectivity index (χ0v) is 21.1. The molecule has 3 heterocycles. The maximum absolute atomic E-state index is 14.7. The minimum atomic E-state index is -0.582. The molecule has 4 rings (SSSR count). The first-order valence-electron chi connectivity index (χ1n) is 11.4. The third-order valence-corrected chi connectivity index (χ3v) is 6.40. The van der Waals surface area contributed by atoms with Gasteiger partial charge < -0.3 is 24.1 Å². The van der Waals surface area contributed by atoms with E-state index < -0.39 is 12.0 Å². The maximum atomic E-state index is 14.7. The van der Waals surface area contributed by atoms with Gasteiger partial charge in [0.1, 0.15) is 12.4 Å². The Bertz CT molecular complexity index is 1160. The van der Waals surface area contributed by atoms with Crippen LogP contribution in [0.4, 0.5) is 10.1 Å². The number of nitrogens with one attached hydrogen (secondary N) is 1. The number of aromatic nitrogens is 2. The van der Waals surface area contributed by atoms with Gasteiger partial charge in [0.2, 0.25) is 0 Å². The summed E-state index contributed by atoms with van der Waals surface area (Å²) in [6.45, 7) is 3.17. The van der Waals surface area contributed by atoms with Crippen LogP contribution < -0.4 is 5.32 Å². The Morgan fingerprint density at radius 2 is 2.29 bits per heavy atom. The van der Waals surface area contributed by atoms with Gasteiger partial charge in [-0.3, -0.25) is 4.98 Å². The highest BCUT2D eigenvalue weighted by atomic mass is 127. The van der Waals surface area contributed by atoms with Crippen molar-refractivity contribution in [3.05, 3.63) is 45.7 Å². The van der Waals surface area contributed by atoms with Crippen molar-refractivity contribution >= 4 is 45.2 Å². The topological polar surface area (TPSA) is 74.6 Å². The molecule has 0 aromatic carbocycles. The van der Waals surface area contributed by atoms with E-state index in [0.717, 1.165) is 28.4 Å². The van der Waals surface area contributed by atoms with Crippen LogP contribution in [0.3, 0.4) is 0 Å². The summed E-state index contributed by atoms with van der Waals surface area (Å²) < 4.78 is 33.9. The predicted octanol–water partition coefficient (Wildman–Crippen LogP) is 5.12. The van der Waals surface area contributed by atoms with Gasteiger partial charge in [0, 0.05) is 28.0 Å². The molecule has 0 amide bonds. The van der Waals surface area contributed by atoms with Gasteiger partial charge in [0.05, 0.1) is 30.4 Å². The number of hydrogen-bond acceptors (Lipinski definition) is 6. The molecule has 2 unspecified atom stereocenters. The zero-order chi connectivity index (χ0) is 23.9. The number of pyridine rings is 1. The van der Waals surface area contributed by atoms with Crippen molar-refractivity contribution < 1.29 is 23.4 Å². The quantitative estimate of drug-likeness (QED) is 0.279. The minimum Gasteiger partial charge on any atom is -0.461 e. The summed E-state index contributed by atoms with van der Waals surface area (Å²) in [7, 11) is 0. The Morgan fingerprint density at radius 1 is 1.41 bits per heavy atom. The summed E-state index contributed by atoms with van der Waals surface area (Å²) in [6.07, 6.45) is 10.0. The first-order valence-corrected chi connectivity index (χ1v) is 12.5. The summed E-state index contributed by atoms with van der Waals surface area (Å²) >= 11 is 2.09. The lowest BCUT2D eigenvalue weighted by Crippen LogP contribution is -2.23. The van der Waals surface area contributed by atoms with Crippen LogP contribution in [-0.2, 0) is 20.8 Å². The zero-order valence-electron chi connectivity index (χ0n) is 19.0. The van der Waals surface area contributed by atoms with Crippen LogP contribution in [0.25, 0.3) is 10.9 Å². The van der Waals surface area contributed by atoms with Gasteiger partial charge in [0.15, 0.2) is 12.0 Å². The van der Waals surface area contributed by atoms with Crippen molar-refractivity contribution in [2.45, 2.75) is 51.5 Å². The summed E-state index contributed by atoms with van der Waals surface area (Å²) in [5.41, 5.74) is 1.55. The van der Waals surface area contributed by atoms with Gasteiger partial charge >= 0.3 is 5.97 Å². The number of allylic oxidation sites excluding steroid dienone is 2. The van der Waals surface area contributed by atoms with Crippen molar-refractivity contribution in [1.29, 1.82) is 0 Å². The predicted molar refractivity (Wildman–Crippen MR) is 136 cm³/mol. The average Bonchev–Trinajstić information content (AvgIpc) is 3.15. The highest BCUT2D eigenvalue weighted by Gasteiger charge is 2.27. The van der Waals surface area contributed by atoms with Gasteiger partial charge in [-0.1, -0.05) is 17.9 Å². The highest BCUT2D eigenvalue weighted by molar-refractivity contribution is 14.1. The van der Waals surface area contributed by atoms with Crippen LogP contribution in [0.15, 0.2) is 40.0 Å². The molecule has 1 aliphatic heterocycles. The van der Waals surface area contributed by atoms with Crippen molar-refractivity contribution in [2.24, 2.45) is 0 Å². The van der Waals surface area contributed by atoms with Crippen LogP contribution >= 0.6 is 22.6 Å². The number of esters is 1. The lowest BCUT2D eigenvalue weighted by atomic mass is 10.1. The molecule has 0 radical (unpaired) electrons. The monoisotopic (exact) mass is 579 g/mol. The molecule has 7 nitrogen and oxygen atoms in total. The van der Waals surface area contributed by atoms with Gasteiger partial charge in [-0.25, -0.2) is 9.18 Å². The number of fused-ring (bicyclic) bond motifs is 1. The minimum absolute atomic E-state index is 0.206. The lowest BCUT2D eigenvalue weighted by molar-refractivity contribution is -0.154. The molecule has 2 aliphatic rings. The van der Waals surface area contributed by atoms with Gasteiger partial charge in [-0.15, -0.1) is 0 Å². The molecule has 9 heteroatoms. The molecule has 180 valence electrons. The molecule has 1 N–H and O–H groups in total. The summed E-state index contributed by atoms with van der Waals surface area (Å²) in [4.78, 5) is 17.2. The highest BCUT2D eigenvalue weighted by Crippen LogP contribution is 2.34. The number of nitrogens with zero attached hydrogens (tertiary/aromatic N) is 2. The van der Waals surface area contributed by atoms with E-state index in [9.17, 15) is 9.18 Å². The molecule has 34 heavy (non-hydrogen) atoms. The fraction of sp³-hybridized carbons (Fsp3) is 0.440. The van der Waals surface area contributed by atoms with E-state index in [1.165, 1.54) is 6.08 Å². The number of halogens is 2. The number of rotatable bonds is 7. The van der Waals surface area contributed by atoms with E-state index in [4.69, 9.17) is 14.2 Å². The van der Waals surface area contributed by atoms with E-state index in [-0.39, 0.29) is 31.9 Å². The Labute approximate surface area is 211 Å². The Morgan fingerprint density at radius 3 is 3.06 bits per heavy atom. The third-order valence-electron chi connectivity index (χ3n) is 5.65. The fourth-order valence-corrected chi connectivity index (χ4v) is 4.57. The number of anilines is 1. The Kier molecular flexibility index (Phi) is 8.59. The molecule has 1 aliphatic carbocycles. The fourth-order valence-electron chi connectivity index (χ4n) is 4.02. The van der Waals surface area contributed by atoms with Gasteiger partial charge in [-0.2, -0.15) is 0 Å². The number of hydrogen-bond donors (Lipinski definition) is 1. The van der Waals surface area contributed by atoms with E-state index in [1.54, 1.807) is 23.9 Å². The normalized spacial score (nSPS) is 20.2. The summed E-state index contributed by atoms with van der Waals surface area (Å²) in [5.74, 6) is 5.31. The molecule has 0 saturated carbocycles. The molecule has 0 bridgehead atoms. The largest absolute Gasteiger partial charge is 0.461 e. The van der Waals surface area contributed by atoms with Crippen LogP contribution in [-0.4, -0.2) is 47.7 Å². The molecule has 2 aromatic heterocycles. The van der Waals surface area contributed by atoms with Gasteiger partial charge in [0.25, 0.3) is 0 Å². The first-order chi connectivity index (χ1) is 16.6. The number of carbonyl (C=O) groups excluding carboxylic acids is 1. The number of carbonyl (C=O) groups is 1. The second-order valence-corrected chi connectivity index (χ2v) is 9.18. The van der Waals surface area contributed by atoms with Crippen LogP contribution in [0.1, 0.15) is 43.1 Å². The molecular weight excluding hydrogens is 552 g/mol. The van der Waals surface area contributed by atoms with Crippen molar-refractivity contribution in [3.63, 3.8) is 0 Å². The van der Waals surface area contributed by atoms with E-state index in [0.29, 0.717) is 29.8 Å². The second-order valence-electron chi connectivity index (χ2n) is 7.93. The maximum Gasteiger partial charge on any atom is 0.357 e. The van der Waals surface area contributed by atoms with E-state index >= 15 is 0 Å². The smallest absolute Gasteiger partial charge is 0.357 e. The van der Waals surface area contributed by atoms with E-state index in [2.05, 4.69) is 44.7 Å². The van der Waals surface area contributed by atoms with Crippen LogP contribution in [0.5, 0.6) is 0 Å². The van der Waals surface area contributed by atoms with Crippen LogP contribution in [0, 0.1) is 11.8 Å². The van der Waals surface area contributed by atoms with Gasteiger partial charge in [-0.05, 0) is 67.3 Å². The standard InChI is InChI=1S/C25H27FIN3O4/c1-2-32-25(31)24-23(29-20-9-8-17(27)15-19(20)26)18-16-28-11-10-21(18)30(24)12-4-6-14-34-22-7-3-5-13-33-22/h8,10-11,15-16,20,22,29H,2-3,5,7,9,12-14H2,1H3. The Balaban J connectivity index is 1.61. The summed E-state index contributed by atoms with van der Waals surface area (Å²) in [6, 6.07) is 1.23. The lowest BCUT2D eigenvalue weighted by Gasteiger charge is -2.21. The molecule has 2 atom stereocenters. The molecule has 1 fully saturated rings. The van der Waals surface area contributed by atoms with Crippen molar-refractivity contribution in [2.75, 3.05) is 25.1 Å². The first kappa shape index (κ1) is 24.7. The second kappa shape index (κ2) is 11.8. The summed E-state index contributed by atoms with van der Waals surface area (Å²) in [5, 5.41) is 3.93. The third kappa shape index (κ3) is 5.79. The van der Waals surface area contributed by atoms with E-state index in [1.807, 2.05) is 12.1 Å². The average molecular weight is 579 g/mol. The Hall–Kier alpha value is -2.42.